The Bertz CT molecular complexity index is 633. The third-order valence-corrected chi connectivity index (χ3v) is 5.21. The molecule has 0 aliphatic rings. The van der Waals surface area contributed by atoms with Gasteiger partial charge in [-0.25, -0.2) is 0 Å². The van der Waals surface area contributed by atoms with Gasteiger partial charge in [-0.2, -0.15) is 0 Å². The highest BCUT2D eigenvalue weighted by atomic mass is 32.1. The molecule has 0 saturated carbocycles. The quantitative estimate of drug-likeness (QED) is 0.597. The first kappa shape index (κ1) is 18.3. The number of aliphatic imine (C=N–C) groups is 1. The summed E-state index contributed by atoms with van der Waals surface area (Å²) in [7, 11) is 3.49. The molecule has 2 aromatic rings. The largest absolute Gasteiger partial charge is 0.497 e. The SMILES string of the molecule is CN=C(NCCc1ccc(OC)cc1)NCC(C)(C)c1cccs1. The molecule has 0 atom stereocenters. The number of rotatable bonds is 7. The summed E-state index contributed by atoms with van der Waals surface area (Å²) < 4.78 is 5.18. The molecule has 1 aromatic carbocycles. The average Bonchev–Trinajstić information content (AvgIpc) is 3.14. The Balaban J connectivity index is 1.78. The minimum atomic E-state index is 0.0851. The van der Waals surface area contributed by atoms with Gasteiger partial charge in [-0.3, -0.25) is 4.99 Å². The van der Waals surface area contributed by atoms with Crippen molar-refractivity contribution in [3.63, 3.8) is 0 Å². The normalized spacial score (nSPS) is 12.1. The second kappa shape index (κ2) is 8.73. The molecule has 0 bridgehead atoms. The predicted molar refractivity (Wildman–Crippen MR) is 103 cm³/mol. The number of ether oxygens (including phenoxy) is 1. The van der Waals surface area contributed by atoms with Crippen LogP contribution in [0.1, 0.15) is 24.3 Å². The lowest BCUT2D eigenvalue weighted by atomic mass is 9.91. The lowest BCUT2D eigenvalue weighted by Gasteiger charge is -2.25. The summed E-state index contributed by atoms with van der Waals surface area (Å²) in [5.41, 5.74) is 1.36. The zero-order valence-electron chi connectivity index (χ0n) is 14.9. The summed E-state index contributed by atoms with van der Waals surface area (Å²) in [4.78, 5) is 5.69. The summed E-state index contributed by atoms with van der Waals surface area (Å²) in [6, 6.07) is 12.5. The molecule has 24 heavy (non-hydrogen) atoms. The molecule has 0 radical (unpaired) electrons. The maximum Gasteiger partial charge on any atom is 0.191 e. The molecule has 0 spiro atoms. The summed E-state index contributed by atoms with van der Waals surface area (Å²) in [6.07, 6.45) is 0.943. The van der Waals surface area contributed by atoms with Gasteiger partial charge in [0.2, 0.25) is 0 Å². The molecule has 0 fully saturated rings. The van der Waals surface area contributed by atoms with E-state index in [4.69, 9.17) is 4.74 Å². The molecular weight excluding hydrogens is 318 g/mol. The third-order valence-electron chi connectivity index (χ3n) is 3.97. The molecule has 1 aromatic heterocycles. The Morgan fingerprint density at radius 1 is 1.17 bits per heavy atom. The zero-order valence-corrected chi connectivity index (χ0v) is 15.7. The number of hydrogen-bond acceptors (Lipinski definition) is 3. The van der Waals surface area contributed by atoms with E-state index >= 15 is 0 Å². The van der Waals surface area contributed by atoms with Crippen molar-refractivity contribution in [1.29, 1.82) is 0 Å². The molecule has 0 unspecified atom stereocenters. The number of methoxy groups -OCH3 is 1. The lowest BCUT2D eigenvalue weighted by molar-refractivity contribution is 0.414. The molecule has 0 aliphatic carbocycles. The van der Waals surface area contributed by atoms with Gasteiger partial charge in [-0.1, -0.05) is 32.0 Å². The van der Waals surface area contributed by atoms with E-state index in [1.807, 2.05) is 12.1 Å². The number of guanidine groups is 1. The van der Waals surface area contributed by atoms with Crippen LogP contribution in [0.2, 0.25) is 0 Å². The first-order valence-corrected chi connectivity index (χ1v) is 9.04. The Morgan fingerprint density at radius 2 is 1.92 bits per heavy atom. The first-order chi connectivity index (χ1) is 11.5. The van der Waals surface area contributed by atoms with Crippen LogP contribution in [0.4, 0.5) is 0 Å². The molecule has 2 rings (SSSR count). The topological polar surface area (TPSA) is 45.7 Å². The molecule has 0 amide bonds. The van der Waals surface area contributed by atoms with Crippen LogP contribution >= 0.6 is 11.3 Å². The molecule has 0 saturated heterocycles. The summed E-state index contributed by atoms with van der Waals surface area (Å²) in [5, 5.41) is 8.93. The number of hydrogen-bond donors (Lipinski definition) is 2. The molecular formula is C19H27N3OS. The Hall–Kier alpha value is -2.01. The summed E-state index contributed by atoms with van der Waals surface area (Å²) >= 11 is 1.80. The number of benzene rings is 1. The van der Waals surface area contributed by atoms with Crippen LogP contribution in [-0.2, 0) is 11.8 Å². The second-order valence-electron chi connectivity index (χ2n) is 6.31. The van der Waals surface area contributed by atoms with Crippen LogP contribution in [-0.4, -0.2) is 33.2 Å². The standard InChI is InChI=1S/C19H27N3OS/c1-19(2,17-6-5-13-24-17)14-22-18(20-3)21-12-11-15-7-9-16(23-4)10-8-15/h5-10,13H,11-12,14H2,1-4H3,(H2,20,21,22). The van der Waals surface area contributed by atoms with Crippen molar-refractivity contribution in [3.8, 4) is 5.75 Å². The summed E-state index contributed by atoms with van der Waals surface area (Å²) in [5.74, 6) is 1.73. The van der Waals surface area contributed by atoms with Crippen molar-refractivity contribution in [2.75, 3.05) is 27.2 Å². The van der Waals surface area contributed by atoms with E-state index < -0.39 is 0 Å². The fourth-order valence-electron chi connectivity index (χ4n) is 2.39. The molecule has 130 valence electrons. The maximum atomic E-state index is 5.18. The molecule has 5 heteroatoms. The highest BCUT2D eigenvalue weighted by Gasteiger charge is 2.21. The van der Waals surface area contributed by atoms with Crippen molar-refractivity contribution in [1.82, 2.24) is 10.6 Å². The van der Waals surface area contributed by atoms with Crippen molar-refractivity contribution in [3.05, 3.63) is 52.2 Å². The number of nitrogens with zero attached hydrogens (tertiary/aromatic N) is 1. The van der Waals surface area contributed by atoms with Gasteiger partial charge >= 0.3 is 0 Å². The van der Waals surface area contributed by atoms with Gasteiger partial charge in [0.05, 0.1) is 7.11 Å². The van der Waals surface area contributed by atoms with E-state index in [1.54, 1.807) is 25.5 Å². The minimum Gasteiger partial charge on any atom is -0.497 e. The molecule has 0 aliphatic heterocycles. The van der Waals surface area contributed by atoms with Crippen LogP contribution in [0.3, 0.4) is 0 Å². The van der Waals surface area contributed by atoms with Gasteiger partial charge < -0.3 is 15.4 Å². The van der Waals surface area contributed by atoms with E-state index in [0.29, 0.717) is 0 Å². The molecule has 2 N–H and O–H groups in total. The van der Waals surface area contributed by atoms with E-state index in [0.717, 1.165) is 31.2 Å². The predicted octanol–water partition coefficient (Wildman–Crippen LogP) is 3.44. The molecule has 4 nitrogen and oxygen atoms in total. The Morgan fingerprint density at radius 3 is 2.50 bits per heavy atom. The van der Waals surface area contributed by atoms with Gasteiger partial charge in [0, 0.05) is 30.4 Å². The van der Waals surface area contributed by atoms with Gasteiger partial charge in [0.25, 0.3) is 0 Å². The first-order valence-electron chi connectivity index (χ1n) is 8.16. The van der Waals surface area contributed by atoms with Crippen LogP contribution in [0, 0.1) is 0 Å². The van der Waals surface area contributed by atoms with Gasteiger partial charge in [-0.05, 0) is 35.6 Å². The van der Waals surface area contributed by atoms with Crippen molar-refractivity contribution in [2.24, 2.45) is 4.99 Å². The van der Waals surface area contributed by atoms with Gasteiger partial charge in [-0.15, -0.1) is 11.3 Å². The maximum absolute atomic E-state index is 5.18. The molecule has 1 heterocycles. The Labute approximate surface area is 149 Å². The van der Waals surface area contributed by atoms with Crippen LogP contribution in [0.15, 0.2) is 46.8 Å². The highest BCUT2D eigenvalue weighted by molar-refractivity contribution is 7.10. The van der Waals surface area contributed by atoms with E-state index in [1.165, 1.54) is 10.4 Å². The van der Waals surface area contributed by atoms with Crippen molar-refractivity contribution < 1.29 is 4.74 Å². The van der Waals surface area contributed by atoms with Crippen LogP contribution < -0.4 is 15.4 Å². The minimum absolute atomic E-state index is 0.0851. The lowest BCUT2D eigenvalue weighted by Crippen LogP contribution is -2.43. The average molecular weight is 346 g/mol. The highest BCUT2D eigenvalue weighted by Crippen LogP contribution is 2.26. The van der Waals surface area contributed by atoms with Crippen LogP contribution in [0.5, 0.6) is 5.75 Å². The van der Waals surface area contributed by atoms with E-state index in [2.05, 4.69) is 59.1 Å². The fourth-order valence-corrected chi connectivity index (χ4v) is 3.25. The smallest absolute Gasteiger partial charge is 0.191 e. The van der Waals surface area contributed by atoms with Gasteiger partial charge in [0.15, 0.2) is 5.96 Å². The van der Waals surface area contributed by atoms with Gasteiger partial charge in [0.1, 0.15) is 5.75 Å². The fraction of sp³-hybridized carbons (Fsp3) is 0.421. The Kier molecular flexibility index (Phi) is 6.67. The monoisotopic (exact) mass is 345 g/mol. The van der Waals surface area contributed by atoms with Crippen molar-refractivity contribution in [2.45, 2.75) is 25.7 Å². The zero-order chi connectivity index (χ0) is 17.4. The summed E-state index contributed by atoms with van der Waals surface area (Å²) in [6.45, 7) is 6.17. The van der Waals surface area contributed by atoms with Crippen LogP contribution in [0.25, 0.3) is 0 Å². The number of thiophene rings is 1. The third kappa shape index (κ3) is 5.27. The van der Waals surface area contributed by atoms with E-state index in [-0.39, 0.29) is 5.41 Å². The van der Waals surface area contributed by atoms with Crippen molar-refractivity contribution >= 4 is 17.3 Å². The second-order valence-corrected chi connectivity index (χ2v) is 7.26. The van der Waals surface area contributed by atoms with E-state index in [9.17, 15) is 0 Å². The number of nitrogens with one attached hydrogen (secondary N) is 2.